The Labute approximate surface area is 76.6 Å². The average molecular weight is 276 g/mol. The van der Waals surface area contributed by atoms with E-state index in [0.29, 0.717) is 0 Å². The maximum Gasteiger partial charge on any atom is 0.0937 e. The van der Waals surface area contributed by atoms with Crippen LogP contribution in [0.15, 0.2) is 0 Å². The summed E-state index contributed by atoms with van der Waals surface area (Å²) in [6.07, 6.45) is 0. The van der Waals surface area contributed by atoms with Crippen LogP contribution in [0.4, 0.5) is 0 Å². The first kappa shape index (κ1) is 10.2. The molecule has 2 nitrogen and oxygen atoms in total. The molecule has 0 aromatic carbocycles. The third-order valence-corrected chi connectivity index (χ3v) is 6.64. The highest BCUT2D eigenvalue weighted by molar-refractivity contribution is 14.2. The van der Waals surface area contributed by atoms with E-state index in [1.165, 1.54) is 13.1 Å². The van der Waals surface area contributed by atoms with Gasteiger partial charge in [0.2, 0.25) is 0 Å². The maximum atomic E-state index is 2.35. The third-order valence-electron chi connectivity index (χ3n) is 0.980. The van der Waals surface area contributed by atoms with Crippen molar-refractivity contribution < 1.29 is 0 Å². The summed E-state index contributed by atoms with van der Waals surface area (Å²) < 4.78 is 2.35. The molecular weight excluding hydrogens is 263 g/mol. The zero-order valence-electron chi connectivity index (χ0n) is 6.09. The molecule has 0 fully saturated rings. The molecule has 0 rings (SSSR count). The largest absolute Gasteiger partial charge is 0.308 e. The SMILES string of the molecule is CN(C)CCN([SiH3])SI. The lowest BCUT2D eigenvalue weighted by atomic mass is 10.6. The van der Waals surface area contributed by atoms with E-state index >= 15 is 0 Å². The van der Waals surface area contributed by atoms with Crippen molar-refractivity contribution in [2.45, 2.75) is 0 Å². The molecule has 0 heterocycles. The van der Waals surface area contributed by atoms with Gasteiger partial charge in [0.25, 0.3) is 0 Å². The molecule has 56 valence electrons. The summed E-state index contributed by atoms with van der Waals surface area (Å²) in [6, 6.07) is 0. The molecule has 0 spiro atoms. The molecular formula is C4H13IN2SSi. The van der Waals surface area contributed by atoms with E-state index < -0.39 is 0 Å². The molecule has 0 aliphatic rings. The minimum atomic E-state index is 1.16. The minimum Gasteiger partial charge on any atom is -0.308 e. The van der Waals surface area contributed by atoms with Crippen LogP contribution in [0.3, 0.4) is 0 Å². The lowest BCUT2D eigenvalue weighted by Gasteiger charge is -2.15. The second-order valence-corrected chi connectivity index (χ2v) is 5.89. The summed E-state index contributed by atoms with van der Waals surface area (Å²) in [5.74, 6) is 0. The second-order valence-electron chi connectivity index (χ2n) is 2.22. The summed E-state index contributed by atoms with van der Waals surface area (Å²) in [6.45, 7) is 2.35. The molecule has 0 aliphatic carbocycles. The zero-order chi connectivity index (χ0) is 7.28. The van der Waals surface area contributed by atoms with E-state index in [0.717, 1.165) is 10.4 Å². The van der Waals surface area contributed by atoms with Crippen molar-refractivity contribution in [1.29, 1.82) is 0 Å². The number of hydrogen-bond acceptors (Lipinski definition) is 3. The summed E-state index contributed by atoms with van der Waals surface area (Å²) in [4.78, 5) is 2.21. The molecule has 0 radical (unpaired) electrons. The predicted octanol–water partition coefficient (Wildman–Crippen LogP) is 0.129. The molecule has 9 heavy (non-hydrogen) atoms. The molecule has 0 bridgehead atoms. The fourth-order valence-corrected chi connectivity index (χ4v) is 1.32. The van der Waals surface area contributed by atoms with Crippen LogP contribution in [-0.4, -0.2) is 46.5 Å². The fraction of sp³-hybridized carbons (Fsp3) is 1.00. The Kier molecular flexibility index (Phi) is 6.77. The predicted molar refractivity (Wildman–Crippen MR) is 56.8 cm³/mol. The molecule has 0 amide bonds. The van der Waals surface area contributed by atoms with Gasteiger partial charge >= 0.3 is 0 Å². The quantitative estimate of drug-likeness (QED) is 0.409. The average Bonchev–Trinajstić information content (AvgIpc) is 1.83. The van der Waals surface area contributed by atoms with Crippen LogP contribution >= 0.6 is 30.3 Å². The Morgan fingerprint density at radius 1 is 1.44 bits per heavy atom. The molecule has 0 atom stereocenters. The van der Waals surface area contributed by atoms with Crippen LogP contribution in [0.5, 0.6) is 0 Å². The van der Waals surface area contributed by atoms with Gasteiger partial charge in [-0.05, 0) is 23.2 Å². The Bertz CT molecular complexity index is 73.6. The number of nitrogens with zero attached hydrogens (tertiary/aromatic N) is 2. The zero-order valence-corrected chi connectivity index (χ0v) is 11.1. The van der Waals surface area contributed by atoms with E-state index in [-0.39, 0.29) is 0 Å². The van der Waals surface area contributed by atoms with Gasteiger partial charge in [0, 0.05) is 34.3 Å². The van der Waals surface area contributed by atoms with Gasteiger partial charge in [0.05, 0.1) is 10.4 Å². The second kappa shape index (κ2) is 5.96. The molecule has 0 unspecified atom stereocenters. The number of hydrogen-bond donors (Lipinski definition) is 0. The highest BCUT2D eigenvalue weighted by Gasteiger charge is 1.95. The van der Waals surface area contributed by atoms with E-state index in [1.807, 2.05) is 0 Å². The van der Waals surface area contributed by atoms with Gasteiger partial charge in [0.15, 0.2) is 0 Å². The molecule has 0 N–H and O–H groups in total. The van der Waals surface area contributed by atoms with Crippen molar-refractivity contribution in [3.8, 4) is 0 Å². The van der Waals surface area contributed by atoms with Gasteiger partial charge < -0.3 is 4.90 Å². The van der Waals surface area contributed by atoms with Crippen molar-refractivity contribution in [2.75, 3.05) is 27.2 Å². The van der Waals surface area contributed by atoms with Gasteiger partial charge in [-0.2, -0.15) is 0 Å². The summed E-state index contributed by atoms with van der Waals surface area (Å²) in [5, 5.41) is 0. The fourth-order valence-electron chi connectivity index (χ4n) is 0.375. The summed E-state index contributed by atoms with van der Waals surface area (Å²) in [5.41, 5.74) is 0. The Morgan fingerprint density at radius 3 is 2.33 bits per heavy atom. The Hall–Kier alpha value is 1.22. The van der Waals surface area contributed by atoms with Gasteiger partial charge in [-0.3, -0.25) is 3.97 Å². The van der Waals surface area contributed by atoms with Crippen LogP contribution in [0.25, 0.3) is 0 Å². The van der Waals surface area contributed by atoms with Gasteiger partial charge in [-0.15, -0.1) is 0 Å². The van der Waals surface area contributed by atoms with Gasteiger partial charge in [-0.25, -0.2) is 0 Å². The summed E-state index contributed by atoms with van der Waals surface area (Å²) in [7, 11) is 7.17. The van der Waals surface area contributed by atoms with Crippen LogP contribution < -0.4 is 0 Å². The lowest BCUT2D eigenvalue weighted by molar-refractivity contribution is 0.395. The van der Waals surface area contributed by atoms with Crippen LogP contribution in [0.1, 0.15) is 0 Å². The monoisotopic (exact) mass is 276 g/mol. The van der Waals surface area contributed by atoms with Crippen LogP contribution in [0.2, 0.25) is 0 Å². The Morgan fingerprint density at radius 2 is 2.00 bits per heavy atom. The van der Waals surface area contributed by atoms with E-state index in [2.05, 4.69) is 44.2 Å². The number of halogens is 1. The van der Waals surface area contributed by atoms with E-state index in [1.54, 1.807) is 9.12 Å². The van der Waals surface area contributed by atoms with Crippen molar-refractivity contribution >= 4 is 40.7 Å². The summed E-state index contributed by atoms with van der Waals surface area (Å²) >= 11 is 2.32. The van der Waals surface area contributed by atoms with Gasteiger partial charge in [-0.1, -0.05) is 0 Å². The molecule has 5 heteroatoms. The first-order chi connectivity index (χ1) is 4.16. The molecule has 0 aromatic heterocycles. The molecule has 0 saturated heterocycles. The van der Waals surface area contributed by atoms with Crippen molar-refractivity contribution in [1.82, 2.24) is 8.87 Å². The highest BCUT2D eigenvalue weighted by atomic mass is 127. The first-order valence-electron chi connectivity index (χ1n) is 2.81. The van der Waals surface area contributed by atoms with Crippen molar-refractivity contribution in [3.05, 3.63) is 0 Å². The normalized spacial score (nSPS) is 11.7. The van der Waals surface area contributed by atoms with Crippen molar-refractivity contribution in [3.63, 3.8) is 0 Å². The molecule has 0 saturated carbocycles. The molecule has 0 aromatic rings. The number of likely N-dealkylation sites (N-methyl/N-ethyl adjacent to an activating group) is 1. The molecule has 0 aliphatic heterocycles. The van der Waals surface area contributed by atoms with Gasteiger partial charge in [0.1, 0.15) is 0 Å². The van der Waals surface area contributed by atoms with Crippen LogP contribution in [-0.2, 0) is 0 Å². The van der Waals surface area contributed by atoms with E-state index in [9.17, 15) is 0 Å². The lowest BCUT2D eigenvalue weighted by Crippen LogP contribution is -2.24. The van der Waals surface area contributed by atoms with Crippen LogP contribution in [0, 0.1) is 0 Å². The van der Waals surface area contributed by atoms with Crippen molar-refractivity contribution in [2.24, 2.45) is 0 Å². The first-order valence-corrected chi connectivity index (χ1v) is 7.02. The maximum absolute atomic E-state index is 2.35. The standard InChI is InChI=1S/C4H13IN2SSi/c1-6(2)3-4-7(9)8-5/h3-4H2,1-2,9H3. The Balaban J connectivity index is 3.06. The minimum absolute atomic E-state index is 1.16. The third kappa shape index (κ3) is 7.11. The van der Waals surface area contributed by atoms with E-state index in [4.69, 9.17) is 0 Å². The topological polar surface area (TPSA) is 6.48 Å². The number of rotatable bonds is 4. The highest BCUT2D eigenvalue weighted by Crippen LogP contribution is 2.13. The smallest absolute Gasteiger partial charge is 0.0937 e.